The molecule has 3 aromatic carbocycles. The first-order valence-electron chi connectivity index (χ1n) is 8.97. The number of fused-ring (bicyclic) bond motifs is 1. The number of thioether (sulfide) groups is 1. The Morgan fingerprint density at radius 3 is 2.45 bits per heavy atom. The van der Waals surface area contributed by atoms with Crippen molar-refractivity contribution < 1.29 is 49.0 Å². The monoisotopic (exact) mass is 442 g/mol. The van der Waals surface area contributed by atoms with Crippen molar-refractivity contribution in [2.75, 3.05) is 7.11 Å². The largest absolute Gasteiger partial charge is 1.00 e. The predicted molar refractivity (Wildman–Crippen MR) is 120 cm³/mol. The maximum atomic E-state index is 12.2. The first-order chi connectivity index (χ1) is 14.4. The predicted octanol–water partition coefficient (Wildman–Crippen LogP) is 1.64. The zero-order chi connectivity index (χ0) is 21.5. The van der Waals surface area contributed by atoms with Gasteiger partial charge in [-0.25, -0.2) is 0 Å². The number of carboxylic acids is 1. The van der Waals surface area contributed by atoms with Crippen LogP contribution in [-0.2, 0) is 9.59 Å². The van der Waals surface area contributed by atoms with Gasteiger partial charge < -0.3 is 15.2 Å². The smallest absolute Gasteiger partial charge is 0.497 e. The average Bonchev–Trinajstić information content (AvgIpc) is 3.06. The molecule has 3 aromatic rings. The quantitative estimate of drug-likeness (QED) is 0.366. The van der Waals surface area contributed by atoms with Gasteiger partial charge in [-0.1, -0.05) is 18.2 Å². The van der Waals surface area contributed by atoms with Gasteiger partial charge in [-0.2, -0.15) is 18.2 Å². The molecule has 1 saturated heterocycles. The van der Waals surface area contributed by atoms with Crippen LogP contribution in [0.3, 0.4) is 0 Å². The van der Waals surface area contributed by atoms with E-state index in [2.05, 4.69) is 22.4 Å². The molecule has 152 valence electrons. The first-order valence-corrected chi connectivity index (χ1v) is 9.79. The third kappa shape index (κ3) is 7.25. The molecule has 0 radical (unpaired) electrons. The number of aliphatic carboxylic acids is 1. The standard InChI is InChI=1S/C21H15N2O2S.C2H4O2.Na/c1-25-18-10-9-15-11-14(7-8-16(15)13-18)12-19-20(24)23-21(26-19)22-17-5-3-2-4-6-17;1-2(3)4;/h3-13H,1H3,(H,22,23,24);1H3,(H,3,4);/q-1;;+1/b19-12-;;. The number of nitrogens with one attached hydrogen (secondary N) is 1. The fourth-order valence-corrected chi connectivity index (χ4v) is 3.50. The van der Waals surface area contributed by atoms with E-state index < -0.39 is 5.97 Å². The zero-order valence-corrected chi connectivity index (χ0v) is 20.2. The number of carboxylic acid groups (broad SMARTS) is 1. The Morgan fingerprint density at radius 1 is 1.13 bits per heavy atom. The van der Waals surface area contributed by atoms with Crippen molar-refractivity contribution in [3.05, 3.63) is 77.2 Å². The normalized spacial score (nSPS) is 15.1. The Bertz CT molecular complexity index is 1140. The Balaban J connectivity index is 0.000000631. The van der Waals surface area contributed by atoms with Crippen molar-refractivity contribution >= 4 is 51.3 Å². The summed E-state index contributed by atoms with van der Waals surface area (Å²) in [5.74, 6) is -0.139. The van der Waals surface area contributed by atoms with E-state index >= 15 is 0 Å². The van der Waals surface area contributed by atoms with E-state index in [-0.39, 0.29) is 35.5 Å². The fourth-order valence-electron chi connectivity index (χ4n) is 2.66. The van der Waals surface area contributed by atoms with Crippen LogP contribution in [0.15, 0.2) is 70.6 Å². The molecular weight excluding hydrogens is 423 g/mol. The second-order valence-corrected chi connectivity index (χ2v) is 7.26. The third-order valence-corrected chi connectivity index (χ3v) is 4.86. The maximum Gasteiger partial charge on any atom is 1.00 e. The number of hydrogen-bond acceptors (Lipinski definition) is 5. The molecule has 0 bridgehead atoms. The number of methoxy groups -OCH3 is 1. The van der Waals surface area contributed by atoms with Crippen molar-refractivity contribution in [3.63, 3.8) is 0 Å². The fraction of sp³-hybridized carbons (Fsp3) is 0.0870. The summed E-state index contributed by atoms with van der Waals surface area (Å²) < 4.78 is 5.25. The molecule has 1 amide bonds. The summed E-state index contributed by atoms with van der Waals surface area (Å²) >= 11 is 1.34. The molecule has 0 unspecified atom stereocenters. The van der Waals surface area contributed by atoms with Gasteiger partial charge in [0.2, 0.25) is 0 Å². The van der Waals surface area contributed by atoms with Crippen LogP contribution in [0.2, 0.25) is 0 Å². The number of carbonyl (C=O) groups is 2. The molecule has 8 heteroatoms. The van der Waals surface area contributed by atoms with Crippen LogP contribution >= 0.6 is 11.8 Å². The molecule has 0 spiro atoms. The third-order valence-electron chi connectivity index (χ3n) is 3.95. The minimum Gasteiger partial charge on any atom is -0.497 e. The molecular formula is C23H19N2NaO4S. The minimum absolute atomic E-state index is 0. The number of carbonyl (C=O) groups excluding carboxylic acids is 1. The molecule has 0 aliphatic carbocycles. The van der Waals surface area contributed by atoms with Gasteiger partial charge in [0, 0.05) is 6.92 Å². The van der Waals surface area contributed by atoms with Gasteiger partial charge in [-0.15, -0.1) is 12.1 Å². The van der Waals surface area contributed by atoms with Crippen LogP contribution in [-0.4, -0.2) is 29.3 Å². The second kappa shape index (κ2) is 11.7. The number of aliphatic imine (C=N–C) groups is 1. The van der Waals surface area contributed by atoms with Crippen molar-refractivity contribution in [2.45, 2.75) is 6.92 Å². The average molecular weight is 442 g/mol. The zero-order valence-electron chi connectivity index (χ0n) is 17.4. The van der Waals surface area contributed by atoms with E-state index in [4.69, 9.17) is 14.6 Å². The van der Waals surface area contributed by atoms with E-state index in [9.17, 15) is 4.79 Å². The van der Waals surface area contributed by atoms with Crippen molar-refractivity contribution in [3.8, 4) is 5.75 Å². The summed E-state index contributed by atoms with van der Waals surface area (Å²) in [5, 5.41) is 13.0. The van der Waals surface area contributed by atoms with Gasteiger partial charge in [0.05, 0.1) is 12.0 Å². The molecule has 1 aliphatic heterocycles. The number of nitrogens with zero attached hydrogens (tertiary/aromatic N) is 1. The Hall–Kier alpha value is -2.58. The summed E-state index contributed by atoms with van der Waals surface area (Å²) in [4.78, 5) is 26.3. The van der Waals surface area contributed by atoms with Crippen molar-refractivity contribution in [2.24, 2.45) is 4.99 Å². The van der Waals surface area contributed by atoms with Gasteiger partial charge in [-0.05, 0) is 58.1 Å². The van der Waals surface area contributed by atoms with Crippen molar-refractivity contribution in [1.82, 2.24) is 5.32 Å². The maximum absolute atomic E-state index is 12.2. The van der Waals surface area contributed by atoms with Crippen LogP contribution < -0.4 is 39.6 Å². The molecule has 1 aliphatic rings. The molecule has 1 heterocycles. The topological polar surface area (TPSA) is 88.0 Å². The van der Waals surface area contributed by atoms with Gasteiger partial charge >= 0.3 is 29.6 Å². The van der Waals surface area contributed by atoms with Crippen LogP contribution in [0.1, 0.15) is 12.5 Å². The number of benzene rings is 3. The second-order valence-electron chi connectivity index (χ2n) is 6.23. The van der Waals surface area contributed by atoms with Gasteiger partial charge in [0.15, 0.2) is 5.17 Å². The molecule has 1 fully saturated rings. The summed E-state index contributed by atoms with van der Waals surface area (Å²) in [6.07, 6.45) is 1.88. The SMILES string of the molecule is CC(=O)O.COc1ccc2cc(/C=C3\SC(=Nc4cc[c-]cc4)NC3=O)ccc2c1.[Na+]. The molecule has 0 saturated carbocycles. The molecule has 6 nitrogen and oxygen atoms in total. The number of hydrogen-bond donors (Lipinski definition) is 2. The van der Waals surface area contributed by atoms with Crippen LogP contribution in [0.4, 0.5) is 5.69 Å². The summed E-state index contributed by atoms with van der Waals surface area (Å²) in [6, 6.07) is 22.2. The molecule has 31 heavy (non-hydrogen) atoms. The molecule has 2 N–H and O–H groups in total. The van der Waals surface area contributed by atoms with Gasteiger partial charge in [0.1, 0.15) is 5.75 Å². The van der Waals surface area contributed by atoms with E-state index in [1.807, 2.05) is 48.5 Å². The van der Waals surface area contributed by atoms with Gasteiger partial charge in [-0.3, -0.25) is 14.6 Å². The van der Waals surface area contributed by atoms with E-state index in [0.29, 0.717) is 10.1 Å². The Kier molecular flexibility index (Phi) is 9.33. The number of ether oxygens (including phenoxy) is 1. The van der Waals surface area contributed by atoms with Gasteiger partial charge in [0.25, 0.3) is 11.9 Å². The summed E-state index contributed by atoms with van der Waals surface area (Å²) in [5.41, 5.74) is 1.75. The number of amides is 1. The minimum atomic E-state index is -0.833. The van der Waals surface area contributed by atoms with Crippen molar-refractivity contribution in [1.29, 1.82) is 0 Å². The number of rotatable bonds is 3. The summed E-state index contributed by atoms with van der Waals surface area (Å²) in [6.45, 7) is 1.08. The van der Waals surface area contributed by atoms with E-state index in [1.165, 1.54) is 11.8 Å². The van der Waals surface area contributed by atoms with Crippen LogP contribution in [0.5, 0.6) is 5.75 Å². The van der Waals surface area contributed by atoms with E-state index in [1.54, 1.807) is 19.2 Å². The molecule has 4 rings (SSSR count). The molecule has 0 atom stereocenters. The Morgan fingerprint density at radius 2 is 1.77 bits per heavy atom. The van der Waals surface area contributed by atoms with Crippen LogP contribution in [0.25, 0.3) is 16.8 Å². The number of amidine groups is 1. The van der Waals surface area contributed by atoms with Crippen LogP contribution in [0, 0.1) is 6.07 Å². The Labute approximate surface area is 206 Å². The summed E-state index contributed by atoms with van der Waals surface area (Å²) in [7, 11) is 1.66. The first kappa shape index (κ1) is 24.7. The van der Waals surface area contributed by atoms with E-state index in [0.717, 1.165) is 34.7 Å². The molecule has 0 aromatic heterocycles.